The Balaban J connectivity index is 1.74. The predicted octanol–water partition coefficient (Wildman–Crippen LogP) is 4.28. The maximum atomic E-state index is 12.2. The number of nitrogens with one attached hydrogen (secondary N) is 1. The number of ether oxygens (including phenoxy) is 1. The Labute approximate surface area is 141 Å². The topological polar surface area (TPSA) is 64.1 Å². The Morgan fingerprint density at radius 2 is 1.87 bits per heavy atom. The molecule has 0 unspecified atom stereocenters. The first-order valence-electron chi connectivity index (χ1n) is 6.80. The summed E-state index contributed by atoms with van der Waals surface area (Å²) in [6.07, 6.45) is 6.40. The van der Waals surface area contributed by atoms with Gasteiger partial charge in [-0.05, 0) is 30.3 Å². The van der Waals surface area contributed by atoms with E-state index in [4.69, 9.17) is 4.74 Å². The standard InChI is InChI=1S/C17H12BrN3O2/c18-13-4-1-3-12(7-13)17(22)21-14-8-16(11-20-9-14)23-15-5-2-6-19-10-15/h1-11H,(H,21,22). The summed E-state index contributed by atoms with van der Waals surface area (Å²) in [5, 5.41) is 2.79. The third kappa shape index (κ3) is 4.14. The van der Waals surface area contributed by atoms with E-state index in [2.05, 4.69) is 31.2 Å². The van der Waals surface area contributed by atoms with Crippen LogP contribution in [0.5, 0.6) is 11.5 Å². The molecule has 3 aromatic rings. The Morgan fingerprint density at radius 1 is 1.00 bits per heavy atom. The number of amides is 1. The molecule has 0 aliphatic heterocycles. The van der Waals surface area contributed by atoms with Crippen molar-refractivity contribution in [3.63, 3.8) is 0 Å². The van der Waals surface area contributed by atoms with Gasteiger partial charge in [-0.25, -0.2) is 0 Å². The molecule has 0 radical (unpaired) electrons. The first-order chi connectivity index (χ1) is 11.2. The van der Waals surface area contributed by atoms with E-state index in [1.165, 1.54) is 0 Å². The van der Waals surface area contributed by atoms with Crippen molar-refractivity contribution in [2.45, 2.75) is 0 Å². The van der Waals surface area contributed by atoms with Gasteiger partial charge in [0.05, 0.1) is 24.3 Å². The van der Waals surface area contributed by atoms with Gasteiger partial charge in [-0.3, -0.25) is 14.8 Å². The van der Waals surface area contributed by atoms with Gasteiger partial charge in [0.1, 0.15) is 11.5 Å². The lowest BCUT2D eigenvalue weighted by atomic mass is 10.2. The van der Waals surface area contributed by atoms with E-state index in [0.717, 1.165) is 4.47 Å². The number of pyridine rings is 2. The largest absolute Gasteiger partial charge is 0.454 e. The Bertz CT molecular complexity index is 825. The lowest BCUT2D eigenvalue weighted by molar-refractivity contribution is 0.102. The second-order valence-electron chi connectivity index (χ2n) is 4.66. The third-order valence-corrected chi connectivity index (χ3v) is 3.42. The molecule has 0 spiro atoms. The molecule has 1 N–H and O–H groups in total. The van der Waals surface area contributed by atoms with E-state index in [0.29, 0.717) is 22.7 Å². The molecule has 0 saturated carbocycles. The van der Waals surface area contributed by atoms with Crippen LogP contribution in [0.25, 0.3) is 0 Å². The molecule has 2 heterocycles. The van der Waals surface area contributed by atoms with Gasteiger partial charge in [0, 0.05) is 22.3 Å². The van der Waals surface area contributed by atoms with Crippen molar-refractivity contribution in [2.24, 2.45) is 0 Å². The van der Waals surface area contributed by atoms with E-state index in [-0.39, 0.29) is 5.91 Å². The zero-order valence-corrected chi connectivity index (χ0v) is 13.5. The Morgan fingerprint density at radius 3 is 2.65 bits per heavy atom. The number of nitrogens with zero attached hydrogens (tertiary/aromatic N) is 2. The molecule has 0 saturated heterocycles. The number of hydrogen-bond acceptors (Lipinski definition) is 4. The van der Waals surface area contributed by atoms with Gasteiger partial charge in [-0.2, -0.15) is 0 Å². The van der Waals surface area contributed by atoms with Crippen LogP contribution in [0.1, 0.15) is 10.4 Å². The van der Waals surface area contributed by atoms with Gasteiger partial charge in [0.2, 0.25) is 0 Å². The van der Waals surface area contributed by atoms with Crippen LogP contribution in [-0.4, -0.2) is 15.9 Å². The van der Waals surface area contributed by atoms with Crippen molar-refractivity contribution < 1.29 is 9.53 Å². The number of carbonyl (C=O) groups is 1. The summed E-state index contributed by atoms with van der Waals surface area (Å²) in [5.74, 6) is 0.904. The number of anilines is 1. The van der Waals surface area contributed by atoms with E-state index in [1.807, 2.05) is 6.07 Å². The van der Waals surface area contributed by atoms with Gasteiger partial charge >= 0.3 is 0 Å². The highest BCUT2D eigenvalue weighted by Crippen LogP contribution is 2.22. The molecule has 1 amide bonds. The van der Waals surface area contributed by atoms with Crippen molar-refractivity contribution in [2.75, 3.05) is 5.32 Å². The van der Waals surface area contributed by atoms with Gasteiger partial charge in [0.15, 0.2) is 0 Å². The average molecular weight is 370 g/mol. The molecule has 23 heavy (non-hydrogen) atoms. The SMILES string of the molecule is O=C(Nc1cncc(Oc2cccnc2)c1)c1cccc(Br)c1. The normalized spacial score (nSPS) is 10.1. The zero-order chi connectivity index (χ0) is 16.1. The fourth-order valence-corrected chi connectivity index (χ4v) is 2.32. The van der Waals surface area contributed by atoms with Crippen LogP contribution in [0.15, 0.2) is 71.7 Å². The zero-order valence-electron chi connectivity index (χ0n) is 11.9. The van der Waals surface area contributed by atoms with E-state index >= 15 is 0 Å². The minimum atomic E-state index is -0.216. The lowest BCUT2D eigenvalue weighted by Crippen LogP contribution is -2.11. The first-order valence-corrected chi connectivity index (χ1v) is 7.60. The number of carbonyl (C=O) groups excluding carboxylic acids is 1. The van der Waals surface area contributed by atoms with Crippen LogP contribution < -0.4 is 10.1 Å². The summed E-state index contributed by atoms with van der Waals surface area (Å²) >= 11 is 3.35. The second kappa shape index (κ2) is 7.02. The first kappa shape index (κ1) is 15.2. The molecule has 0 aliphatic rings. The van der Waals surface area contributed by atoms with Gasteiger partial charge in [-0.1, -0.05) is 22.0 Å². The Hall–Kier alpha value is -2.73. The fraction of sp³-hybridized carbons (Fsp3) is 0. The van der Waals surface area contributed by atoms with Crippen LogP contribution in [0.2, 0.25) is 0 Å². The van der Waals surface area contributed by atoms with E-state index in [9.17, 15) is 4.79 Å². The van der Waals surface area contributed by atoms with E-state index in [1.54, 1.807) is 61.2 Å². The van der Waals surface area contributed by atoms with Gasteiger partial charge in [-0.15, -0.1) is 0 Å². The number of hydrogen-bond donors (Lipinski definition) is 1. The highest BCUT2D eigenvalue weighted by Gasteiger charge is 2.07. The number of benzene rings is 1. The molecule has 3 rings (SSSR count). The Kier molecular flexibility index (Phi) is 4.63. The third-order valence-electron chi connectivity index (χ3n) is 2.93. The number of rotatable bonds is 4. The number of aromatic nitrogens is 2. The summed E-state index contributed by atoms with van der Waals surface area (Å²) in [7, 11) is 0. The quantitative estimate of drug-likeness (QED) is 0.745. The molecule has 114 valence electrons. The molecular weight excluding hydrogens is 358 g/mol. The summed E-state index contributed by atoms with van der Waals surface area (Å²) in [6, 6.07) is 12.4. The molecule has 0 aliphatic carbocycles. The highest BCUT2D eigenvalue weighted by molar-refractivity contribution is 9.10. The smallest absolute Gasteiger partial charge is 0.255 e. The molecule has 0 atom stereocenters. The molecule has 1 aromatic carbocycles. The molecule has 5 nitrogen and oxygen atoms in total. The minimum Gasteiger partial charge on any atom is -0.454 e. The lowest BCUT2D eigenvalue weighted by Gasteiger charge is -2.08. The number of halogens is 1. The highest BCUT2D eigenvalue weighted by atomic mass is 79.9. The van der Waals surface area contributed by atoms with Crippen LogP contribution in [-0.2, 0) is 0 Å². The van der Waals surface area contributed by atoms with Crippen LogP contribution in [0.4, 0.5) is 5.69 Å². The maximum Gasteiger partial charge on any atom is 0.255 e. The molecule has 2 aromatic heterocycles. The van der Waals surface area contributed by atoms with Crippen LogP contribution >= 0.6 is 15.9 Å². The second-order valence-corrected chi connectivity index (χ2v) is 5.58. The summed E-state index contributed by atoms with van der Waals surface area (Å²) in [6.45, 7) is 0. The monoisotopic (exact) mass is 369 g/mol. The van der Waals surface area contributed by atoms with Crippen molar-refractivity contribution >= 4 is 27.5 Å². The molecular formula is C17H12BrN3O2. The average Bonchev–Trinajstić information content (AvgIpc) is 2.56. The van der Waals surface area contributed by atoms with Crippen LogP contribution in [0, 0.1) is 0 Å². The van der Waals surface area contributed by atoms with Crippen molar-refractivity contribution in [1.82, 2.24) is 9.97 Å². The summed E-state index contributed by atoms with van der Waals surface area (Å²) < 4.78 is 6.49. The van der Waals surface area contributed by atoms with Crippen molar-refractivity contribution in [3.8, 4) is 11.5 Å². The summed E-state index contributed by atoms with van der Waals surface area (Å²) in [5.41, 5.74) is 1.11. The van der Waals surface area contributed by atoms with Crippen molar-refractivity contribution in [1.29, 1.82) is 0 Å². The van der Waals surface area contributed by atoms with Gasteiger partial charge in [0.25, 0.3) is 5.91 Å². The van der Waals surface area contributed by atoms with Gasteiger partial charge < -0.3 is 10.1 Å². The van der Waals surface area contributed by atoms with Crippen molar-refractivity contribution in [3.05, 3.63) is 77.3 Å². The van der Waals surface area contributed by atoms with Crippen LogP contribution in [0.3, 0.4) is 0 Å². The molecule has 0 bridgehead atoms. The molecule has 0 fully saturated rings. The molecule has 6 heteroatoms. The predicted molar refractivity (Wildman–Crippen MR) is 90.6 cm³/mol. The maximum absolute atomic E-state index is 12.2. The van der Waals surface area contributed by atoms with E-state index < -0.39 is 0 Å². The fourth-order valence-electron chi connectivity index (χ4n) is 1.92. The minimum absolute atomic E-state index is 0.216. The summed E-state index contributed by atoms with van der Waals surface area (Å²) in [4.78, 5) is 20.3.